The second-order valence-electron chi connectivity index (χ2n) is 4.41. The summed E-state index contributed by atoms with van der Waals surface area (Å²) in [6.07, 6.45) is 0. The molecule has 1 amide bonds. The van der Waals surface area contributed by atoms with Crippen LogP contribution < -0.4 is 11.1 Å². The van der Waals surface area contributed by atoms with E-state index in [1.54, 1.807) is 12.1 Å². The fraction of sp³-hybridized carbons (Fsp3) is 0.462. The molecule has 0 radical (unpaired) electrons. The SMILES string of the molecule is CCNC(=O)CN(CC)Cc1ccc([N+](=O)[O-])c(N)c1. The van der Waals surface area contributed by atoms with E-state index in [-0.39, 0.29) is 17.3 Å². The highest BCUT2D eigenvalue weighted by molar-refractivity contribution is 5.77. The van der Waals surface area contributed by atoms with Gasteiger partial charge in [0.05, 0.1) is 11.5 Å². The number of nitrogens with two attached hydrogens (primary N) is 1. The highest BCUT2D eigenvalue weighted by Crippen LogP contribution is 2.22. The minimum absolute atomic E-state index is 0.0377. The van der Waals surface area contributed by atoms with Crippen LogP contribution in [0.3, 0.4) is 0 Å². The van der Waals surface area contributed by atoms with E-state index >= 15 is 0 Å². The topological polar surface area (TPSA) is 102 Å². The fourth-order valence-electron chi connectivity index (χ4n) is 1.86. The molecule has 0 saturated carbocycles. The number of anilines is 1. The molecule has 0 aromatic heterocycles. The number of rotatable bonds is 7. The predicted molar refractivity (Wildman–Crippen MR) is 77.1 cm³/mol. The van der Waals surface area contributed by atoms with Crippen molar-refractivity contribution in [3.63, 3.8) is 0 Å². The lowest BCUT2D eigenvalue weighted by Gasteiger charge is -2.19. The van der Waals surface area contributed by atoms with Crippen LogP contribution in [0.25, 0.3) is 0 Å². The van der Waals surface area contributed by atoms with Gasteiger partial charge in [0, 0.05) is 19.2 Å². The van der Waals surface area contributed by atoms with Gasteiger partial charge < -0.3 is 11.1 Å². The van der Waals surface area contributed by atoms with Gasteiger partial charge >= 0.3 is 0 Å². The van der Waals surface area contributed by atoms with Crippen LogP contribution in [0.5, 0.6) is 0 Å². The van der Waals surface area contributed by atoms with Crippen LogP contribution in [-0.4, -0.2) is 35.4 Å². The number of nitrogens with zero attached hydrogens (tertiary/aromatic N) is 2. The number of carbonyl (C=O) groups excluding carboxylic acids is 1. The third-order valence-corrected chi connectivity index (χ3v) is 2.88. The van der Waals surface area contributed by atoms with E-state index in [0.717, 1.165) is 5.56 Å². The quantitative estimate of drug-likeness (QED) is 0.443. The minimum atomic E-state index is -0.509. The fourth-order valence-corrected chi connectivity index (χ4v) is 1.86. The van der Waals surface area contributed by atoms with Crippen molar-refractivity contribution in [2.45, 2.75) is 20.4 Å². The van der Waals surface area contributed by atoms with Crippen LogP contribution in [0.15, 0.2) is 18.2 Å². The summed E-state index contributed by atoms with van der Waals surface area (Å²) in [5.41, 5.74) is 6.54. The van der Waals surface area contributed by atoms with Crippen molar-refractivity contribution in [3.05, 3.63) is 33.9 Å². The van der Waals surface area contributed by atoms with E-state index in [4.69, 9.17) is 5.73 Å². The van der Waals surface area contributed by atoms with Gasteiger partial charge in [-0.25, -0.2) is 0 Å². The highest BCUT2D eigenvalue weighted by Gasteiger charge is 2.13. The monoisotopic (exact) mass is 280 g/mol. The molecule has 0 fully saturated rings. The first-order chi connectivity index (χ1) is 9.47. The van der Waals surface area contributed by atoms with Crippen molar-refractivity contribution in [3.8, 4) is 0 Å². The maximum absolute atomic E-state index is 11.5. The van der Waals surface area contributed by atoms with Crippen molar-refractivity contribution in [1.82, 2.24) is 10.2 Å². The molecule has 110 valence electrons. The van der Waals surface area contributed by atoms with Gasteiger partial charge in [0.15, 0.2) is 0 Å². The lowest BCUT2D eigenvalue weighted by atomic mass is 10.1. The van der Waals surface area contributed by atoms with E-state index in [0.29, 0.717) is 26.2 Å². The number of nitro benzene ring substituents is 1. The maximum Gasteiger partial charge on any atom is 0.292 e. The molecule has 7 heteroatoms. The first kappa shape index (κ1) is 15.9. The van der Waals surface area contributed by atoms with Gasteiger partial charge in [-0.05, 0) is 25.1 Å². The molecule has 1 aromatic rings. The molecular weight excluding hydrogens is 260 g/mol. The molecule has 0 spiro atoms. The minimum Gasteiger partial charge on any atom is -0.393 e. The second kappa shape index (κ2) is 7.44. The van der Waals surface area contributed by atoms with Crippen molar-refractivity contribution < 1.29 is 9.72 Å². The number of amides is 1. The molecule has 0 aliphatic carbocycles. The van der Waals surface area contributed by atoms with Crippen LogP contribution in [0.4, 0.5) is 11.4 Å². The van der Waals surface area contributed by atoms with Crippen molar-refractivity contribution in [1.29, 1.82) is 0 Å². The molecule has 7 nitrogen and oxygen atoms in total. The molecule has 0 atom stereocenters. The Morgan fingerprint density at radius 3 is 2.65 bits per heavy atom. The van der Waals surface area contributed by atoms with Gasteiger partial charge in [-0.3, -0.25) is 19.8 Å². The first-order valence-corrected chi connectivity index (χ1v) is 6.49. The molecule has 0 aliphatic rings. The number of benzene rings is 1. The summed E-state index contributed by atoms with van der Waals surface area (Å²) in [6, 6.07) is 4.64. The number of hydrogen-bond acceptors (Lipinski definition) is 5. The predicted octanol–water partition coefficient (Wildman–Crippen LogP) is 1.14. The van der Waals surface area contributed by atoms with Crippen molar-refractivity contribution >= 4 is 17.3 Å². The van der Waals surface area contributed by atoms with E-state index in [1.165, 1.54) is 6.07 Å². The van der Waals surface area contributed by atoms with Gasteiger partial charge in [-0.15, -0.1) is 0 Å². The Labute approximate surface area is 117 Å². The maximum atomic E-state index is 11.5. The summed E-state index contributed by atoms with van der Waals surface area (Å²) in [6.45, 7) is 5.94. The Kier molecular flexibility index (Phi) is 5.92. The van der Waals surface area contributed by atoms with E-state index in [1.807, 2.05) is 18.7 Å². The van der Waals surface area contributed by atoms with Gasteiger partial charge in [-0.1, -0.05) is 13.0 Å². The van der Waals surface area contributed by atoms with Crippen LogP contribution >= 0.6 is 0 Å². The summed E-state index contributed by atoms with van der Waals surface area (Å²) in [7, 11) is 0. The lowest BCUT2D eigenvalue weighted by Crippen LogP contribution is -2.36. The van der Waals surface area contributed by atoms with Crippen LogP contribution in [0.1, 0.15) is 19.4 Å². The third-order valence-electron chi connectivity index (χ3n) is 2.88. The smallest absolute Gasteiger partial charge is 0.292 e. The zero-order valence-corrected chi connectivity index (χ0v) is 11.8. The third kappa shape index (κ3) is 4.51. The zero-order chi connectivity index (χ0) is 15.1. The second-order valence-corrected chi connectivity index (χ2v) is 4.41. The van der Waals surface area contributed by atoms with Crippen LogP contribution in [0, 0.1) is 10.1 Å². The average Bonchev–Trinajstić information content (AvgIpc) is 2.37. The highest BCUT2D eigenvalue weighted by atomic mass is 16.6. The number of carbonyl (C=O) groups is 1. The standard InChI is InChI=1S/C13H20N4O3/c1-3-15-13(18)9-16(4-2)8-10-5-6-12(17(19)20)11(14)7-10/h5-7H,3-4,8-9,14H2,1-2H3,(H,15,18). The molecule has 0 unspecified atom stereocenters. The van der Waals surface area contributed by atoms with Gasteiger partial charge in [0.1, 0.15) is 5.69 Å². The van der Waals surface area contributed by atoms with E-state index in [9.17, 15) is 14.9 Å². The van der Waals surface area contributed by atoms with Crippen molar-refractivity contribution in [2.75, 3.05) is 25.4 Å². The molecule has 0 saturated heterocycles. The van der Waals surface area contributed by atoms with Crippen LogP contribution in [0.2, 0.25) is 0 Å². The summed E-state index contributed by atoms with van der Waals surface area (Å²) < 4.78 is 0. The molecule has 0 aliphatic heterocycles. The van der Waals surface area contributed by atoms with E-state index < -0.39 is 4.92 Å². The zero-order valence-electron chi connectivity index (χ0n) is 11.8. The molecule has 20 heavy (non-hydrogen) atoms. The molecule has 0 heterocycles. The Morgan fingerprint density at radius 1 is 1.45 bits per heavy atom. The Bertz CT molecular complexity index is 491. The Balaban J connectivity index is 2.73. The normalized spacial score (nSPS) is 10.6. The van der Waals surface area contributed by atoms with Gasteiger partial charge in [0.25, 0.3) is 5.69 Å². The largest absolute Gasteiger partial charge is 0.393 e. The number of nitro groups is 1. The Hall–Kier alpha value is -2.15. The van der Waals surface area contributed by atoms with Gasteiger partial charge in [0.2, 0.25) is 5.91 Å². The summed E-state index contributed by atoms with van der Waals surface area (Å²) >= 11 is 0. The van der Waals surface area contributed by atoms with Gasteiger partial charge in [-0.2, -0.15) is 0 Å². The number of nitrogen functional groups attached to an aromatic ring is 1. The number of nitrogens with one attached hydrogen (secondary N) is 1. The molecule has 0 bridgehead atoms. The van der Waals surface area contributed by atoms with Crippen molar-refractivity contribution in [2.24, 2.45) is 0 Å². The summed E-state index contributed by atoms with van der Waals surface area (Å²) in [5, 5.41) is 13.4. The molecule has 1 rings (SSSR count). The number of hydrogen-bond donors (Lipinski definition) is 2. The number of likely N-dealkylation sites (N-methyl/N-ethyl adjacent to an activating group) is 2. The summed E-state index contributed by atoms with van der Waals surface area (Å²) in [4.78, 5) is 23.7. The summed E-state index contributed by atoms with van der Waals surface area (Å²) in [5.74, 6) is -0.0377. The Morgan fingerprint density at radius 2 is 2.15 bits per heavy atom. The van der Waals surface area contributed by atoms with Crippen LogP contribution in [-0.2, 0) is 11.3 Å². The molecular formula is C13H20N4O3. The lowest BCUT2D eigenvalue weighted by molar-refractivity contribution is -0.383. The molecule has 3 N–H and O–H groups in total. The van der Waals surface area contributed by atoms with E-state index in [2.05, 4.69) is 5.32 Å². The average molecular weight is 280 g/mol. The first-order valence-electron chi connectivity index (χ1n) is 6.49. The molecule has 1 aromatic carbocycles.